The van der Waals surface area contributed by atoms with Crippen LogP contribution in [0.2, 0.25) is 0 Å². The van der Waals surface area contributed by atoms with Crippen molar-refractivity contribution >= 4 is 5.69 Å². The molecule has 2 aromatic carbocycles. The minimum atomic E-state index is -4.77. The van der Waals surface area contributed by atoms with Gasteiger partial charge in [0.25, 0.3) is 0 Å². The molecule has 0 bridgehead atoms. The number of benzene rings is 2. The summed E-state index contributed by atoms with van der Waals surface area (Å²) in [5.74, 6) is -10.7. The molecule has 2 unspecified atom stereocenters. The van der Waals surface area contributed by atoms with Crippen molar-refractivity contribution in [1.29, 1.82) is 0 Å². The molecule has 2 atom stereocenters. The lowest BCUT2D eigenvalue weighted by Crippen LogP contribution is -2.50. The first-order valence-electron chi connectivity index (χ1n) is 8.23. The fourth-order valence-corrected chi connectivity index (χ4v) is 3.88. The molecule has 0 spiro atoms. The lowest BCUT2D eigenvalue weighted by Gasteiger charge is -2.37. The van der Waals surface area contributed by atoms with E-state index < -0.39 is 58.9 Å². The molecule has 0 aromatic heterocycles. The van der Waals surface area contributed by atoms with E-state index in [9.17, 15) is 32.2 Å². The van der Waals surface area contributed by atoms with Gasteiger partial charge in [0.05, 0.1) is 12.7 Å². The Kier molecular flexibility index (Phi) is 3.77. The second-order valence-electron chi connectivity index (χ2n) is 6.82. The Morgan fingerprint density at radius 2 is 1.86 bits per heavy atom. The molecular formula is C19H12F5NO3. The minimum absolute atomic E-state index is 0.0973. The molecule has 0 fully saturated rings. The Hall–Kier alpha value is -2.70. The average Bonchev–Trinajstić information content (AvgIpc) is 2.74. The summed E-state index contributed by atoms with van der Waals surface area (Å²) in [6, 6.07) is 4.69. The van der Waals surface area contributed by atoms with Gasteiger partial charge in [0.15, 0.2) is 11.3 Å². The smallest absolute Gasteiger partial charge is 0.346 e. The maximum Gasteiger partial charge on any atom is 0.346 e. The summed E-state index contributed by atoms with van der Waals surface area (Å²) < 4.78 is 76.5. The van der Waals surface area contributed by atoms with Crippen LogP contribution in [0.15, 0.2) is 30.3 Å². The summed E-state index contributed by atoms with van der Waals surface area (Å²) in [6.07, 6.45) is -2.60. The number of hydrogen-bond acceptors (Lipinski definition) is 3. The molecule has 0 radical (unpaired) electrons. The molecule has 4 rings (SSSR count). The van der Waals surface area contributed by atoms with Gasteiger partial charge in [-0.15, -0.1) is 0 Å². The number of hydrogen-bond donors (Lipinski definition) is 2. The first-order chi connectivity index (χ1) is 13.0. The maximum atomic E-state index is 14.4. The van der Waals surface area contributed by atoms with Crippen LogP contribution in [0.1, 0.15) is 35.6 Å². The molecule has 2 aromatic rings. The summed E-state index contributed by atoms with van der Waals surface area (Å²) in [5.41, 5.74) is -5.50. The molecule has 2 N–H and O–H groups in total. The second-order valence-corrected chi connectivity index (χ2v) is 6.82. The Morgan fingerprint density at radius 3 is 2.54 bits per heavy atom. The third-order valence-corrected chi connectivity index (χ3v) is 5.20. The van der Waals surface area contributed by atoms with Gasteiger partial charge in [0, 0.05) is 22.8 Å². The quantitative estimate of drug-likeness (QED) is 0.559. The van der Waals surface area contributed by atoms with Crippen molar-refractivity contribution < 1.29 is 36.9 Å². The van der Waals surface area contributed by atoms with Gasteiger partial charge in [-0.25, -0.2) is 9.24 Å². The second kappa shape index (κ2) is 5.65. The summed E-state index contributed by atoms with van der Waals surface area (Å²) in [4.78, 5) is 3.06. The number of alkyl halides is 4. The van der Waals surface area contributed by atoms with Gasteiger partial charge < -0.3 is 14.9 Å². The lowest BCUT2D eigenvalue weighted by molar-refractivity contribution is -0.290. The van der Waals surface area contributed by atoms with Crippen molar-refractivity contribution in [1.82, 2.24) is 0 Å². The highest BCUT2D eigenvalue weighted by Gasteiger charge is 2.77. The van der Waals surface area contributed by atoms with Crippen molar-refractivity contribution in [3.05, 3.63) is 64.3 Å². The van der Waals surface area contributed by atoms with E-state index in [0.717, 1.165) is 18.2 Å². The van der Waals surface area contributed by atoms with Crippen LogP contribution in [0.4, 0.5) is 27.6 Å². The van der Waals surface area contributed by atoms with E-state index in [4.69, 9.17) is 11.3 Å². The predicted molar refractivity (Wildman–Crippen MR) is 86.1 cm³/mol. The molecule has 28 heavy (non-hydrogen) atoms. The molecule has 4 nitrogen and oxygen atoms in total. The summed E-state index contributed by atoms with van der Waals surface area (Å²) >= 11 is 0. The largest absolute Gasteiger partial charge is 0.458 e. The number of aliphatic hydroxyl groups is 2. The Balaban J connectivity index is 1.91. The average molecular weight is 397 g/mol. The first kappa shape index (κ1) is 18.7. The lowest BCUT2D eigenvalue weighted by atomic mass is 9.77. The predicted octanol–water partition coefficient (Wildman–Crippen LogP) is 4.92. The van der Waals surface area contributed by atoms with E-state index in [2.05, 4.69) is 4.85 Å². The highest BCUT2D eigenvalue weighted by Crippen LogP contribution is 2.66. The Bertz CT molecular complexity index is 1030. The zero-order chi connectivity index (χ0) is 20.5. The molecule has 0 aliphatic heterocycles. The standard InChI is InChI=1S/C19H12F5NO3/c1-25-10-6-9(20)7-11(8-10)28-14-3-2-12-16-15(14)13(26)4-5-17(16,27)19(23,24)18(12,21)22/h2-3,6-8,13,26-27H,4-5H2. The number of rotatable bonds is 2. The van der Waals surface area contributed by atoms with E-state index in [-0.39, 0.29) is 17.2 Å². The van der Waals surface area contributed by atoms with Gasteiger partial charge in [0.1, 0.15) is 17.3 Å². The summed E-state index contributed by atoms with van der Waals surface area (Å²) in [5, 5.41) is 20.8. The van der Waals surface area contributed by atoms with Crippen LogP contribution in [-0.2, 0) is 11.5 Å². The fraction of sp³-hybridized carbons (Fsp3) is 0.316. The molecule has 9 heteroatoms. The van der Waals surface area contributed by atoms with Crippen LogP contribution in [0.5, 0.6) is 11.5 Å². The molecular weight excluding hydrogens is 385 g/mol. The Labute approximate surface area is 155 Å². The zero-order valence-corrected chi connectivity index (χ0v) is 14.0. The fourth-order valence-electron chi connectivity index (χ4n) is 3.88. The van der Waals surface area contributed by atoms with Crippen LogP contribution < -0.4 is 4.74 Å². The van der Waals surface area contributed by atoms with Crippen molar-refractivity contribution in [2.24, 2.45) is 0 Å². The van der Waals surface area contributed by atoms with E-state index in [1.54, 1.807) is 0 Å². The Morgan fingerprint density at radius 1 is 1.14 bits per heavy atom. The van der Waals surface area contributed by atoms with Crippen molar-refractivity contribution in [3.63, 3.8) is 0 Å². The van der Waals surface area contributed by atoms with E-state index in [1.807, 2.05) is 0 Å². The van der Waals surface area contributed by atoms with E-state index >= 15 is 0 Å². The summed E-state index contributed by atoms with van der Waals surface area (Å²) in [6.45, 7) is 6.94. The molecule has 0 saturated heterocycles. The SMILES string of the molecule is [C-]#[N+]c1cc(F)cc(Oc2ccc3c4c2C(O)CCC4(O)C(F)(F)C3(F)F)c1. The third-order valence-electron chi connectivity index (χ3n) is 5.20. The number of halogens is 5. The van der Waals surface area contributed by atoms with Crippen LogP contribution in [-0.4, -0.2) is 16.1 Å². The maximum absolute atomic E-state index is 14.4. The third kappa shape index (κ3) is 2.22. The van der Waals surface area contributed by atoms with Crippen LogP contribution in [0.25, 0.3) is 4.85 Å². The van der Waals surface area contributed by atoms with Crippen LogP contribution in [0.3, 0.4) is 0 Å². The van der Waals surface area contributed by atoms with Crippen molar-refractivity contribution in [2.45, 2.75) is 36.4 Å². The summed E-state index contributed by atoms with van der Waals surface area (Å²) in [7, 11) is 0. The van der Waals surface area contributed by atoms with E-state index in [1.165, 1.54) is 6.07 Å². The van der Waals surface area contributed by atoms with E-state index in [0.29, 0.717) is 6.07 Å². The highest BCUT2D eigenvalue weighted by molar-refractivity contribution is 5.59. The normalized spacial score (nSPS) is 26.4. The first-order valence-corrected chi connectivity index (χ1v) is 8.23. The molecule has 0 heterocycles. The number of ether oxygens (including phenoxy) is 1. The van der Waals surface area contributed by atoms with Gasteiger partial charge in [-0.3, -0.25) is 0 Å². The number of aliphatic hydroxyl groups excluding tert-OH is 1. The minimum Gasteiger partial charge on any atom is -0.458 e. The van der Waals surface area contributed by atoms with Gasteiger partial charge in [-0.1, -0.05) is 0 Å². The number of nitrogens with zero attached hydrogens (tertiary/aromatic N) is 1. The highest BCUT2D eigenvalue weighted by atomic mass is 19.3. The molecule has 0 amide bonds. The van der Waals surface area contributed by atoms with Gasteiger partial charge in [-0.2, -0.15) is 17.6 Å². The van der Waals surface area contributed by atoms with Crippen LogP contribution in [0, 0.1) is 12.4 Å². The van der Waals surface area contributed by atoms with Gasteiger partial charge in [-0.05, 0) is 37.1 Å². The van der Waals surface area contributed by atoms with Gasteiger partial charge in [0.2, 0.25) is 0 Å². The topological polar surface area (TPSA) is 54.0 Å². The molecule has 2 aliphatic carbocycles. The van der Waals surface area contributed by atoms with Crippen LogP contribution >= 0.6 is 0 Å². The molecule has 2 aliphatic rings. The van der Waals surface area contributed by atoms with Gasteiger partial charge >= 0.3 is 11.8 Å². The monoisotopic (exact) mass is 397 g/mol. The molecule has 146 valence electrons. The van der Waals surface area contributed by atoms with Crippen molar-refractivity contribution in [3.8, 4) is 11.5 Å². The molecule has 0 saturated carbocycles. The zero-order valence-electron chi connectivity index (χ0n) is 14.0. The van der Waals surface area contributed by atoms with Crippen molar-refractivity contribution in [2.75, 3.05) is 0 Å².